The first-order chi connectivity index (χ1) is 8.34. The molecule has 1 aromatic carbocycles. The van der Waals surface area contributed by atoms with Gasteiger partial charge in [-0.1, -0.05) is 18.9 Å². The van der Waals surface area contributed by atoms with E-state index < -0.39 is 0 Å². The number of hydrogen-bond donors (Lipinski definition) is 1. The number of benzene rings is 1. The van der Waals surface area contributed by atoms with Gasteiger partial charge in [0.15, 0.2) is 0 Å². The second-order valence-electron chi connectivity index (χ2n) is 5.43. The standard InChI is InChI=1S/C15H22N2/c16-15-8-5-12-11-13(6-7-14(12)15)17-9-3-1-2-4-10-17/h6-7,11,15H,1-5,8-10,16H2. The molecule has 1 aliphatic heterocycles. The molecule has 1 saturated heterocycles. The SMILES string of the molecule is NC1CCc2cc(N3CCCCCC3)ccc21. The zero-order chi connectivity index (χ0) is 11.7. The molecule has 2 N–H and O–H groups in total. The number of nitrogens with zero attached hydrogens (tertiary/aromatic N) is 1. The van der Waals surface area contributed by atoms with Crippen molar-refractivity contribution in [3.8, 4) is 0 Å². The summed E-state index contributed by atoms with van der Waals surface area (Å²) in [6.45, 7) is 2.45. The third-order valence-corrected chi connectivity index (χ3v) is 4.22. The fourth-order valence-corrected chi connectivity index (χ4v) is 3.16. The van der Waals surface area contributed by atoms with Gasteiger partial charge < -0.3 is 10.6 Å². The van der Waals surface area contributed by atoms with Crippen molar-refractivity contribution < 1.29 is 0 Å². The Bertz CT molecular complexity index is 392. The fraction of sp³-hybridized carbons (Fsp3) is 0.600. The zero-order valence-electron chi connectivity index (χ0n) is 10.5. The summed E-state index contributed by atoms with van der Waals surface area (Å²) in [5.41, 5.74) is 10.4. The lowest BCUT2D eigenvalue weighted by Crippen LogP contribution is -2.23. The monoisotopic (exact) mass is 230 g/mol. The van der Waals surface area contributed by atoms with E-state index in [0.717, 1.165) is 12.8 Å². The molecular weight excluding hydrogens is 208 g/mol. The topological polar surface area (TPSA) is 29.3 Å². The van der Waals surface area contributed by atoms with Crippen LogP contribution in [0.5, 0.6) is 0 Å². The van der Waals surface area contributed by atoms with Crippen molar-refractivity contribution in [1.29, 1.82) is 0 Å². The minimum atomic E-state index is 0.281. The molecular formula is C15H22N2. The molecule has 1 heterocycles. The molecule has 0 bridgehead atoms. The van der Waals surface area contributed by atoms with Gasteiger partial charge in [-0.25, -0.2) is 0 Å². The first kappa shape index (κ1) is 11.1. The Hall–Kier alpha value is -1.02. The average molecular weight is 230 g/mol. The largest absolute Gasteiger partial charge is 0.372 e. The zero-order valence-corrected chi connectivity index (χ0v) is 10.5. The maximum Gasteiger partial charge on any atom is 0.0369 e. The molecule has 0 amide bonds. The fourth-order valence-electron chi connectivity index (χ4n) is 3.16. The van der Waals surface area contributed by atoms with Gasteiger partial charge in [0.05, 0.1) is 0 Å². The van der Waals surface area contributed by atoms with Gasteiger partial charge in [-0.3, -0.25) is 0 Å². The van der Waals surface area contributed by atoms with E-state index in [9.17, 15) is 0 Å². The van der Waals surface area contributed by atoms with Crippen molar-refractivity contribution in [3.05, 3.63) is 29.3 Å². The summed E-state index contributed by atoms with van der Waals surface area (Å²) >= 11 is 0. The Morgan fingerprint density at radius 1 is 1.06 bits per heavy atom. The summed E-state index contributed by atoms with van der Waals surface area (Å²) in [6.07, 6.45) is 7.77. The summed E-state index contributed by atoms with van der Waals surface area (Å²) in [4.78, 5) is 2.55. The highest BCUT2D eigenvalue weighted by atomic mass is 15.1. The molecule has 3 rings (SSSR count). The van der Waals surface area contributed by atoms with Gasteiger partial charge in [-0.05, 0) is 48.9 Å². The van der Waals surface area contributed by atoms with E-state index in [0.29, 0.717) is 0 Å². The first-order valence-electron chi connectivity index (χ1n) is 6.98. The van der Waals surface area contributed by atoms with Gasteiger partial charge >= 0.3 is 0 Å². The van der Waals surface area contributed by atoms with Crippen LogP contribution in [-0.4, -0.2) is 13.1 Å². The highest BCUT2D eigenvalue weighted by molar-refractivity contribution is 5.53. The highest BCUT2D eigenvalue weighted by Crippen LogP contribution is 2.32. The van der Waals surface area contributed by atoms with Crippen molar-refractivity contribution in [2.45, 2.75) is 44.6 Å². The van der Waals surface area contributed by atoms with E-state index in [-0.39, 0.29) is 6.04 Å². The highest BCUT2D eigenvalue weighted by Gasteiger charge is 2.20. The second-order valence-corrected chi connectivity index (χ2v) is 5.43. The van der Waals surface area contributed by atoms with Crippen LogP contribution in [0.2, 0.25) is 0 Å². The molecule has 2 aliphatic rings. The lowest BCUT2D eigenvalue weighted by Gasteiger charge is -2.23. The maximum atomic E-state index is 6.09. The van der Waals surface area contributed by atoms with Crippen LogP contribution >= 0.6 is 0 Å². The molecule has 0 spiro atoms. The first-order valence-corrected chi connectivity index (χ1v) is 6.98. The van der Waals surface area contributed by atoms with E-state index >= 15 is 0 Å². The summed E-state index contributed by atoms with van der Waals surface area (Å²) in [5, 5.41) is 0. The summed E-state index contributed by atoms with van der Waals surface area (Å²) < 4.78 is 0. The van der Waals surface area contributed by atoms with Gasteiger partial charge in [0, 0.05) is 24.8 Å². The molecule has 1 atom stereocenters. The number of anilines is 1. The van der Waals surface area contributed by atoms with Crippen LogP contribution in [0.3, 0.4) is 0 Å². The molecule has 17 heavy (non-hydrogen) atoms. The van der Waals surface area contributed by atoms with E-state index in [4.69, 9.17) is 5.73 Å². The minimum Gasteiger partial charge on any atom is -0.372 e. The van der Waals surface area contributed by atoms with Gasteiger partial charge in [0.25, 0.3) is 0 Å². The molecule has 0 saturated carbocycles. The number of fused-ring (bicyclic) bond motifs is 1. The van der Waals surface area contributed by atoms with Crippen LogP contribution in [0.1, 0.15) is 49.3 Å². The quantitative estimate of drug-likeness (QED) is 0.803. The predicted octanol–water partition coefficient (Wildman–Crippen LogP) is 3.01. The van der Waals surface area contributed by atoms with Gasteiger partial charge in [-0.2, -0.15) is 0 Å². The van der Waals surface area contributed by atoms with Crippen molar-refractivity contribution in [2.24, 2.45) is 5.73 Å². The Balaban J connectivity index is 1.83. The molecule has 2 heteroatoms. The second kappa shape index (κ2) is 4.69. The lowest BCUT2D eigenvalue weighted by atomic mass is 10.1. The van der Waals surface area contributed by atoms with E-state index in [2.05, 4.69) is 23.1 Å². The van der Waals surface area contributed by atoms with Crippen LogP contribution in [0.4, 0.5) is 5.69 Å². The molecule has 1 aliphatic carbocycles. The Kier molecular flexibility index (Phi) is 3.06. The van der Waals surface area contributed by atoms with E-state index in [1.807, 2.05) is 0 Å². The molecule has 1 unspecified atom stereocenters. The van der Waals surface area contributed by atoms with Gasteiger partial charge in [0.1, 0.15) is 0 Å². The van der Waals surface area contributed by atoms with Crippen molar-refractivity contribution in [1.82, 2.24) is 0 Å². The Morgan fingerprint density at radius 2 is 1.82 bits per heavy atom. The normalized spacial score (nSPS) is 24.5. The number of aryl methyl sites for hydroxylation is 1. The van der Waals surface area contributed by atoms with Crippen molar-refractivity contribution in [2.75, 3.05) is 18.0 Å². The summed E-state index contributed by atoms with van der Waals surface area (Å²) in [6, 6.07) is 7.19. The molecule has 92 valence electrons. The van der Waals surface area contributed by atoms with Crippen LogP contribution in [-0.2, 0) is 6.42 Å². The maximum absolute atomic E-state index is 6.09. The molecule has 1 fully saturated rings. The number of nitrogens with two attached hydrogens (primary N) is 1. The summed E-state index contributed by atoms with van der Waals surface area (Å²) in [7, 11) is 0. The molecule has 1 aromatic rings. The third kappa shape index (κ3) is 2.19. The van der Waals surface area contributed by atoms with Crippen molar-refractivity contribution in [3.63, 3.8) is 0 Å². The number of rotatable bonds is 1. The van der Waals surface area contributed by atoms with Crippen LogP contribution in [0.15, 0.2) is 18.2 Å². The van der Waals surface area contributed by atoms with Crippen molar-refractivity contribution >= 4 is 5.69 Å². The number of hydrogen-bond acceptors (Lipinski definition) is 2. The van der Waals surface area contributed by atoms with Crippen LogP contribution in [0, 0.1) is 0 Å². The Labute approximate surface area is 104 Å². The van der Waals surface area contributed by atoms with E-state index in [1.165, 1.54) is 55.6 Å². The van der Waals surface area contributed by atoms with Crippen LogP contribution < -0.4 is 10.6 Å². The summed E-state index contributed by atoms with van der Waals surface area (Å²) in [5.74, 6) is 0. The van der Waals surface area contributed by atoms with Gasteiger partial charge in [-0.15, -0.1) is 0 Å². The smallest absolute Gasteiger partial charge is 0.0369 e. The Morgan fingerprint density at radius 3 is 2.59 bits per heavy atom. The molecule has 0 radical (unpaired) electrons. The molecule has 0 aromatic heterocycles. The van der Waals surface area contributed by atoms with E-state index in [1.54, 1.807) is 0 Å². The van der Waals surface area contributed by atoms with Crippen LogP contribution in [0.25, 0.3) is 0 Å². The minimum absolute atomic E-state index is 0.281. The predicted molar refractivity (Wildman–Crippen MR) is 72.4 cm³/mol. The van der Waals surface area contributed by atoms with Gasteiger partial charge in [0.2, 0.25) is 0 Å². The molecule has 2 nitrogen and oxygen atoms in total. The average Bonchev–Trinajstić information content (AvgIpc) is 2.58. The lowest BCUT2D eigenvalue weighted by molar-refractivity contribution is 0.713. The third-order valence-electron chi connectivity index (χ3n) is 4.22.